The summed E-state index contributed by atoms with van der Waals surface area (Å²) in [7, 11) is 1.56. The van der Waals surface area contributed by atoms with E-state index in [0.717, 1.165) is 5.92 Å². The first-order valence-electron chi connectivity index (χ1n) is 15.1. The second-order valence-electron chi connectivity index (χ2n) is 10.3. The lowest BCUT2D eigenvalue weighted by molar-refractivity contribution is -0.136. The maximum atomic E-state index is 12.3. The fraction of sp³-hybridized carbons (Fsp3) is 0.677. The van der Waals surface area contributed by atoms with Crippen LogP contribution in [-0.2, 0) is 14.4 Å². The van der Waals surface area contributed by atoms with Crippen molar-refractivity contribution in [3.05, 3.63) is 29.8 Å². The number of hydroxylamine groups is 1. The zero-order valence-corrected chi connectivity index (χ0v) is 26.3. The van der Waals surface area contributed by atoms with E-state index in [9.17, 15) is 19.2 Å². The summed E-state index contributed by atoms with van der Waals surface area (Å²) in [4.78, 5) is 49.3. The van der Waals surface area contributed by atoms with Crippen LogP contribution in [0.25, 0.3) is 0 Å². The minimum absolute atomic E-state index is 0.0322. The van der Waals surface area contributed by atoms with Gasteiger partial charge in [-0.1, -0.05) is 73.6 Å². The average Bonchev–Trinajstić information content (AvgIpc) is 3.48. The Morgan fingerprint density at radius 1 is 1.00 bits per heavy atom. The summed E-state index contributed by atoms with van der Waals surface area (Å²) < 4.78 is 5.08. The molecule has 234 valence electrons. The smallest absolute Gasteiger partial charge is 0.251 e. The highest BCUT2D eigenvalue weighted by atomic mass is 16.5. The van der Waals surface area contributed by atoms with Gasteiger partial charge in [0.2, 0.25) is 17.7 Å². The molecule has 2 fully saturated rings. The Labute approximate surface area is 246 Å². The second kappa shape index (κ2) is 22.5. The van der Waals surface area contributed by atoms with Crippen LogP contribution >= 0.6 is 0 Å². The molecule has 4 N–H and O–H groups in total. The van der Waals surface area contributed by atoms with E-state index in [2.05, 4.69) is 31.4 Å². The Bertz CT molecular complexity index is 879. The molecule has 10 heteroatoms. The Morgan fingerprint density at radius 2 is 1.54 bits per heavy atom. The summed E-state index contributed by atoms with van der Waals surface area (Å²) in [5, 5.41) is 14.0. The molecule has 1 aromatic rings. The van der Waals surface area contributed by atoms with Crippen LogP contribution in [0, 0.1) is 11.8 Å². The van der Waals surface area contributed by atoms with Crippen molar-refractivity contribution in [3.8, 4) is 5.75 Å². The van der Waals surface area contributed by atoms with Gasteiger partial charge in [0, 0.05) is 37.0 Å². The van der Waals surface area contributed by atoms with E-state index in [4.69, 9.17) is 9.94 Å². The molecular formula is C31H54N4O6. The third kappa shape index (κ3) is 16.0. The van der Waals surface area contributed by atoms with Gasteiger partial charge in [0.25, 0.3) is 5.91 Å². The zero-order valence-electron chi connectivity index (χ0n) is 26.3. The molecule has 3 rings (SSSR count). The van der Waals surface area contributed by atoms with Crippen molar-refractivity contribution in [2.75, 3.05) is 26.7 Å². The molecule has 0 unspecified atom stereocenters. The standard InChI is InChI=1S/C20H28N4O6.C6H12.C3H8.C2H6/c1-13(11-17(25)23-29)19(27)21-12-18(26)24-9-7-15(8-10-24)22-20(28)14-3-5-16(30-2)6-4-14;1-6-4-2-3-5-6;1-3-2;1-2/h3-6,13,15,29H,7-12H2,1-2H3,(H,21,27)(H,22,28)(H,23,25);6H,2-5H2,1H3;3H2,1-2H3;1-2H3/t13-;;;/m1.../s1. The normalized spacial score (nSPS) is 15.4. The number of hydrogen-bond donors (Lipinski definition) is 4. The molecule has 1 saturated heterocycles. The van der Waals surface area contributed by atoms with Gasteiger partial charge in [0.05, 0.1) is 13.7 Å². The largest absolute Gasteiger partial charge is 0.497 e. The number of likely N-dealkylation sites (tertiary alicyclic amines) is 1. The maximum absolute atomic E-state index is 12.3. The van der Waals surface area contributed by atoms with Gasteiger partial charge < -0.3 is 20.3 Å². The van der Waals surface area contributed by atoms with E-state index in [0.29, 0.717) is 37.2 Å². The minimum Gasteiger partial charge on any atom is -0.497 e. The summed E-state index contributed by atoms with van der Waals surface area (Å²) >= 11 is 0. The fourth-order valence-electron chi connectivity index (χ4n) is 4.28. The van der Waals surface area contributed by atoms with Crippen molar-refractivity contribution >= 4 is 23.6 Å². The number of nitrogens with zero attached hydrogens (tertiary/aromatic N) is 1. The van der Waals surface area contributed by atoms with E-state index in [1.165, 1.54) is 44.5 Å². The highest BCUT2D eigenvalue weighted by Gasteiger charge is 2.25. The van der Waals surface area contributed by atoms with Gasteiger partial charge in [-0.2, -0.15) is 0 Å². The second-order valence-corrected chi connectivity index (χ2v) is 10.3. The van der Waals surface area contributed by atoms with Crippen molar-refractivity contribution in [3.63, 3.8) is 0 Å². The summed E-state index contributed by atoms with van der Waals surface area (Å²) in [6.45, 7) is 12.9. The van der Waals surface area contributed by atoms with E-state index >= 15 is 0 Å². The van der Waals surface area contributed by atoms with Crippen LogP contribution < -0.4 is 20.9 Å². The van der Waals surface area contributed by atoms with E-state index in [-0.39, 0.29) is 30.8 Å². The molecule has 0 aromatic heterocycles. The lowest BCUT2D eigenvalue weighted by atomic mass is 10.0. The molecule has 1 saturated carbocycles. The molecule has 0 radical (unpaired) electrons. The molecule has 10 nitrogen and oxygen atoms in total. The predicted molar refractivity (Wildman–Crippen MR) is 162 cm³/mol. The first kappa shape index (κ1) is 37.9. The number of nitrogens with one attached hydrogen (secondary N) is 3. The summed E-state index contributed by atoms with van der Waals surface area (Å²) in [6, 6.07) is 6.81. The number of hydrogen-bond acceptors (Lipinski definition) is 6. The molecule has 2 aliphatic rings. The Balaban J connectivity index is 0.00000123. The van der Waals surface area contributed by atoms with Crippen LogP contribution in [0.2, 0.25) is 0 Å². The van der Waals surface area contributed by atoms with Crippen LogP contribution in [0.5, 0.6) is 5.75 Å². The predicted octanol–water partition coefficient (Wildman–Crippen LogP) is 4.70. The number of methoxy groups -OCH3 is 1. The summed E-state index contributed by atoms with van der Waals surface area (Å²) in [5.41, 5.74) is 2.01. The molecule has 0 spiro atoms. The Hall–Kier alpha value is -3.14. The van der Waals surface area contributed by atoms with Crippen molar-refractivity contribution in [1.82, 2.24) is 21.0 Å². The number of benzene rings is 1. The van der Waals surface area contributed by atoms with Gasteiger partial charge in [0.1, 0.15) is 5.75 Å². The van der Waals surface area contributed by atoms with E-state index in [1.807, 2.05) is 13.8 Å². The molecule has 1 heterocycles. The van der Waals surface area contributed by atoms with Gasteiger partial charge in [-0.15, -0.1) is 0 Å². The number of carbonyl (C=O) groups is 4. The van der Waals surface area contributed by atoms with Gasteiger partial charge in [0.15, 0.2) is 0 Å². The highest BCUT2D eigenvalue weighted by molar-refractivity contribution is 5.94. The lowest BCUT2D eigenvalue weighted by Crippen LogP contribution is -2.49. The molecular weight excluding hydrogens is 524 g/mol. The molecule has 0 bridgehead atoms. The van der Waals surface area contributed by atoms with E-state index < -0.39 is 17.7 Å². The fourth-order valence-corrected chi connectivity index (χ4v) is 4.28. The number of amides is 4. The lowest BCUT2D eigenvalue weighted by Gasteiger charge is -2.32. The van der Waals surface area contributed by atoms with Crippen LogP contribution in [0.15, 0.2) is 24.3 Å². The average molecular weight is 579 g/mol. The summed E-state index contributed by atoms with van der Waals surface area (Å²) in [5.74, 6) is -0.431. The van der Waals surface area contributed by atoms with Gasteiger partial charge in [-0.3, -0.25) is 24.4 Å². The molecule has 1 aliphatic heterocycles. The van der Waals surface area contributed by atoms with Crippen LogP contribution in [0.1, 0.15) is 103 Å². The zero-order chi connectivity index (χ0) is 31.2. The van der Waals surface area contributed by atoms with Crippen molar-refractivity contribution in [2.45, 2.75) is 99.0 Å². The molecule has 1 atom stereocenters. The van der Waals surface area contributed by atoms with Crippen molar-refractivity contribution in [2.24, 2.45) is 11.8 Å². The minimum atomic E-state index is -0.664. The van der Waals surface area contributed by atoms with Crippen molar-refractivity contribution < 1.29 is 29.1 Å². The first-order valence-corrected chi connectivity index (χ1v) is 15.1. The van der Waals surface area contributed by atoms with Crippen LogP contribution in [-0.4, -0.2) is 66.5 Å². The number of rotatable bonds is 8. The SMILES string of the molecule is CC.CC1CCCC1.CCC.COc1ccc(C(=O)NC2CCN(C(=O)CNC(=O)[C@H](C)CC(=O)NO)CC2)cc1. The highest BCUT2D eigenvalue weighted by Crippen LogP contribution is 2.23. The number of ether oxygens (including phenoxy) is 1. The third-order valence-electron chi connectivity index (χ3n) is 6.66. The molecule has 1 aliphatic carbocycles. The quantitative estimate of drug-likeness (QED) is 0.261. The van der Waals surface area contributed by atoms with Crippen LogP contribution in [0.4, 0.5) is 0 Å². The molecule has 1 aromatic carbocycles. The topological polar surface area (TPSA) is 137 Å². The van der Waals surface area contributed by atoms with Gasteiger partial charge >= 0.3 is 0 Å². The number of carbonyl (C=O) groups excluding carboxylic acids is 4. The molecule has 41 heavy (non-hydrogen) atoms. The van der Waals surface area contributed by atoms with Crippen molar-refractivity contribution in [1.29, 1.82) is 0 Å². The van der Waals surface area contributed by atoms with E-state index in [1.54, 1.807) is 36.3 Å². The Kier molecular flexibility index (Phi) is 20.8. The van der Waals surface area contributed by atoms with Gasteiger partial charge in [-0.25, -0.2) is 5.48 Å². The summed E-state index contributed by atoms with van der Waals surface area (Å²) in [6.07, 6.45) is 8.27. The monoisotopic (exact) mass is 578 g/mol. The third-order valence-corrected chi connectivity index (χ3v) is 6.66. The first-order chi connectivity index (χ1) is 19.6. The van der Waals surface area contributed by atoms with Gasteiger partial charge in [-0.05, 0) is 43.0 Å². The maximum Gasteiger partial charge on any atom is 0.251 e. The molecule has 4 amide bonds. The van der Waals surface area contributed by atoms with Crippen LogP contribution in [0.3, 0.4) is 0 Å². The Morgan fingerprint density at radius 3 is 1.98 bits per heavy atom. The number of piperidine rings is 1.